The molecule has 1 N–H and O–H groups in total. The molecule has 0 saturated heterocycles. The molecule has 4 aromatic rings. The van der Waals surface area contributed by atoms with E-state index in [1.807, 2.05) is 66.7 Å². The van der Waals surface area contributed by atoms with Gasteiger partial charge in [-0.3, -0.25) is 9.59 Å². The highest BCUT2D eigenvalue weighted by Crippen LogP contribution is 2.32. The SMILES string of the molecule is O=C(NC1CCCCC1)[C@@H](Cc1ccccc1)N(Cc1c(Cl)cccc1Cl)C(=O)CC(c1ccccc1)c1ccccc1. The van der Waals surface area contributed by atoms with Crippen LogP contribution in [0, 0.1) is 0 Å². The minimum atomic E-state index is -0.739. The Balaban J connectivity index is 1.54. The van der Waals surface area contributed by atoms with Crippen molar-refractivity contribution in [2.75, 3.05) is 0 Å². The smallest absolute Gasteiger partial charge is 0.243 e. The van der Waals surface area contributed by atoms with E-state index in [4.69, 9.17) is 23.2 Å². The first-order valence-electron chi connectivity index (χ1n) is 15.2. The number of hydrogen-bond donors (Lipinski definition) is 1. The van der Waals surface area contributed by atoms with Crippen LogP contribution in [0.25, 0.3) is 0 Å². The Morgan fingerprint density at radius 1 is 0.721 bits per heavy atom. The molecule has 0 aliphatic heterocycles. The van der Waals surface area contributed by atoms with Crippen LogP contribution in [0.1, 0.15) is 66.7 Å². The fourth-order valence-electron chi connectivity index (χ4n) is 6.04. The van der Waals surface area contributed by atoms with Gasteiger partial charge in [-0.15, -0.1) is 0 Å². The van der Waals surface area contributed by atoms with E-state index in [9.17, 15) is 9.59 Å². The van der Waals surface area contributed by atoms with Crippen LogP contribution >= 0.6 is 23.2 Å². The lowest BCUT2D eigenvalue weighted by molar-refractivity contribution is -0.141. The van der Waals surface area contributed by atoms with Gasteiger partial charge in [0.2, 0.25) is 11.8 Å². The standard InChI is InChI=1S/C37H38Cl2N2O2/c38-33-22-13-23-34(39)32(33)26-41(36(42)25-31(28-16-7-2-8-17-28)29-18-9-3-10-19-29)35(24-27-14-5-1-6-15-27)37(43)40-30-20-11-4-12-21-30/h1-3,5-10,13-19,22-23,30-31,35H,4,11-12,20-21,24-26H2,(H,40,43)/t35-/m1/s1. The molecule has 6 heteroatoms. The molecule has 0 radical (unpaired) electrons. The first-order valence-corrected chi connectivity index (χ1v) is 15.9. The monoisotopic (exact) mass is 612 g/mol. The zero-order valence-corrected chi connectivity index (χ0v) is 25.8. The van der Waals surface area contributed by atoms with E-state index < -0.39 is 6.04 Å². The van der Waals surface area contributed by atoms with Gasteiger partial charge < -0.3 is 10.2 Å². The largest absolute Gasteiger partial charge is 0.352 e. The molecule has 1 saturated carbocycles. The Labute approximate surface area is 265 Å². The highest BCUT2D eigenvalue weighted by atomic mass is 35.5. The number of hydrogen-bond acceptors (Lipinski definition) is 2. The molecule has 1 aliphatic rings. The van der Waals surface area contributed by atoms with E-state index in [0.717, 1.165) is 42.4 Å². The summed E-state index contributed by atoms with van der Waals surface area (Å²) in [5, 5.41) is 4.25. The summed E-state index contributed by atoms with van der Waals surface area (Å²) >= 11 is 13.3. The molecule has 4 nitrogen and oxygen atoms in total. The average molecular weight is 614 g/mol. The Kier molecular flexibility index (Phi) is 10.9. The zero-order chi connectivity index (χ0) is 30.0. The van der Waals surface area contributed by atoms with E-state index in [1.54, 1.807) is 23.1 Å². The number of benzene rings is 4. The maximum atomic E-state index is 14.6. The van der Waals surface area contributed by atoms with Gasteiger partial charge in [-0.1, -0.05) is 140 Å². The van der Waals surface area contributed by atoms with Crippen LogP contribution < -0.4 is 5.32 Å². The van der Waals surface area contributed by atoms with Gasteiger partial charge in [0.25, 0.3) is 0 Å². The number of rotatable bonds is 11. The van der Waals surface area contributed by atoms with Gasteiger partial charge in [0.05, 0.1) is 0 Å². The van der Waals surface area contributed by atoms with Gasteiger partial charge in [-0.25, -0.2) is 0 Å². The minimum absolute atomic E-state index is 0.113. The molecule has 2 amide bonds. The van der Waals surface area contributed by atoms with Crippen molar-refractivity contribution in [3.8, 4) is 0 Å². The highest BCUT2D eigenvalue weighted by Gasteiger charge is 2.34. The van der Waals surface area contributed by atoms with E-state index in [1.165, 1.54) is 6.42 Å². The Morgan fingerprint density at radius 3 is 1.81 bits per heavy atom. The second-order valence-corrected chi connectivity index (χ2v) is 12.2. The van der Waals surface area contributed by atoms with Crippen LogP contribution in [0.15, 0.2) is 109 Å². The molecule has 0 aromatic heterocycles. The van der Waals surface area contributed by atoms with Crippen LogP contribution in [-0.2, 0) is 22.6 Å². The maximum Gasteiger partial charge on any atom is 0.243 e. The Hall–Kier alpha value is -3.60. The number of carbonyl (C=O) groups excluding carboxylic acids is 2. The second-order valence-electron chi connectivity index (χ2n) is 11.3. The van der Waals surface area contributed by atoms with Crippen molar-refractivity contribution in [2.24, 2.45) is 0 Å². The van der Waals surface area contributed by atoms with Crippen molar-refractivity contribution >= 4 is 35.0 Å². The van der Waals surface area contributed by atoms with Crippen molar-refractivity contribution in [3.63, 3.8) is 0 Å². The van der Waals surface area contributed by atoms with Crippen molar-refractivity contribution in [1.82, 2.24) is 10.2 Å². The van der Waals surface area contributed by atoms with Crippen LogP contribution in [0.2, 0.25) is 10.0 Å². The van der Waals surface area contributed by atoms with Gasteiger partial charge in [-0.2, -0.15) is 0 Å². The molecule has 1 atom stereocenters. The lowest BCUT2D eigenvalue weighted by Crippen LogP contribution is -2.53. The van der Waals surface area contributed by atoms with Crippen LogP contribution in [0.4, 0.5) is 0 Å². The van der Waals surface area contributed by atoms with E-state index in [0.29, 0.717) is 22.0 Å². The van der Waals surface area contributed by atoms with Crippen molar-refractivity contribution in [3.05, 3.63) is 141 Å². The van der Waals surface area contributed by atoms with E-state index >= 15 is 0 Å². The summed E-state index contributed by atoms with van der Waals surface area (Å²) < 4.78 is 0. The predicted octanol–water partition coefficient (Wildman–Crippen LogP) is 8.60. The molecule has 0 unspecified atom stereocenters. The first kappa shape index (κ1) is 30.8. The lowest BCUT2D eigenvalue weighted by atomic mass is 9.87. The normalized spacial score (nSPS) is 14.3. The number of amides is 2. The second kappa shape index (κ2) is 15.2. The maximum absolute atomic E-state index is 14.6. The summed E-state index contributed by atoms with van der Waals surface area (Å²) in [5.74, 6) is -0.449. The fraction of sp³-hybridized carbons (Fsp3) is 0.297. The first-order chi connectivity index (χ1) is 21.0. The van der Waals surface area contributed by atoms with Crippen LogP contribution in [-0.4, -0.2) is 28.8 Å². The van der Waals surface area contributed by atoms with Gasteiger partial charge in [0, 0.05) is 47.0 Å². The molecule has 0 bridgehead atoms. The molecule has 222 valence electrons. The van der Waals surface area contributed by atoms with Crippen molar-refractivity contribution in [2.45, 2.75) is 69.5 Å². The molecule has 4 aromatic carbocycles. The molecular weight excluding hydrogens is 575 g/mol. The quantitative estimate of drug-likeness (QED) is 0.184. The van der Waals surface area contributed by atoms with Gasteiger partial charge in [0.15, 0.2) is 0 Å². The van der Waals surface area contributed by atoms with E-state index in [-0.39, 0.29) is 36.7 Å². The molecule has 43 heavy (non-hydrogen) atoms. The summed E-state index contributed by atoms with van der Waals surface area (Å²) in [7, 11) is 0. The predicted molar refractivity (Wildman–Crippen MR) is 175 cm³/mol. The van der Waals surface area contributed by atoms with Gasteiger partial charge in [-0.05, 0) is 41.7 Å². The Morgan fingerprint density at radius 2 is 1.26 bits per heavy atom. The summed E-state index contributed by atoms with van der Waals surface area (Å²) in [5.41, 5.74) is 3.71. The molecule has 0 spiro atoms. The minimum Gasteiger partial charge on any atom is -0.352 e. The molecule has 5 rings (SSSR count). The average Bonchev–Trinajstić information content (AvgIpc) is 3.04. The van der Waals surface area contributed by atoms with E-state index in [2.05, 4.69) is 29.6 Å². The number of carbonyl (C=O) groups is 2. The third-order valence-corrected chi connectivity index (χ3v) is 9.10. The van der Waals surface area contributed by atoms with Crippen molar-refractivity contribution in [1.29, 1.82) is 0 Å². The summed E-state index contributed by atoms with van der Waals surface area (Å²) in [6.07, 6.45) is 5.88. The summed E-state index contributed by atoms with van der Waals surface area (Å²) in [6.45, 7) is 0.128. The lowest BCUT2D eigenvalue weighted by Gasteiger charge is -2.35. The third kappa shape index (κ3) is 8.28. The van der Waals surface area contributed by atoms with Crippen LogP contribution in [0.5, 0.6) is 0 Å². The number of nitrogens with zero attached hydrogens (tertiary/aromatic N) is 1. The zero-order valence-electron chi connectivity index (χ0n) is 24.3. The highest BCUT2D eigenvalue weighted by molar-refractivity contribution is 6.36. The van der Waals surface area contributed by atoms with Gasteiger partial charge in [0.1, 0.15) is 6.04 Å². The molecule has 0 heterocycles. The summed E-state index contributed by atoms with van der Waals surface area (Å²) in [4.78, 5) is 30.5. The molecular formula is C37H38Cl2N2O2. The Bertz CT molecular complexity index is 1420. The van der Waals surface area contributed by atoms with Crippen molar-refractivity contribution < 1.29 is 9.59 Å². The topological polar surface area (TPSA) is 49.4 Å². The molecule has 1 aliphatic carbocycles. The number of nitrogens with one attached hydrogen (secondary N) is 1. The third-order valence-electron chi connectivity index (χ3n) is 8.40. The molecule has 1 fully saturated rings. The van der Waals surface area contributed by atoms with Crippen LogP contribution in [0.3, 0.4) is 0 Å². The summed E-state index contributed by atoms with van der Waals surface area (Å²) in [6, 6.07) is 34.7. The van der Waals surface area contributed by atoms with Gasteiger partial charge >= 0.3 is 0 Å². The fourth-order valence-corrected chi connectivity index (χ4v) is 6.56. The number of halogens is 2.